The zero-order valence-electron chi connectivity index (χ0n) is 10.7. The van der Waals surface area contributed by atoms with Crippen LogP contribution in [0, 0.1) is 6.92 Å². The minimum absolute atomic E-state index is 0.0216. The summed E-state index contributed by atoms with van der Waals surface area (Å²) < 4.78 is 3.10. The minimum Gasteiger partial charge on any atom is -0.258 e. The van der Waals surface area contributed by atoms with Gasteiger partial charge >= 0.3 is 0 Å². The van der Waals surface area contributed by atoms with Crippen LogP contribution in [0.5, 0.6) is 0 Å². The van der Waals surface area contributed by atoms with Crippen molar-refractivity contribution < 1.29 is 0 Å². The van der Waals surface area contributed by atoms with Crippen LogP contribution in [-0.2, 0) is 5.54 Å². The molecule has 0 amide bonds. The van der Waals surface area contributed by atoms with Crippen molar-refractivity contribution in [3.8, 4) is 11.3 Å². The average molecular weight is 293 g/mol. The first-order chi connectivity index (χ1) is 7.89. The van der Waals surface area contributed by atoms with E-state index < -0.39 is 0 Å². The lowest BCUT2D eigenvalue weighted by Crippen LogP contribution is -2.23. The van der Waals surface area contributed by atoms with Crippen LogP contribution in [0.15, 0.2) is 34.9 Å². The van der Waals surface area contributed by atoms with Crippen LogP contribution >= 0.6 is 15.9 Å². The Labute approximate surface area is 111 Å². The third-order valence-corrected chi connectivity index (χ3v) is 3.27. The fourth-order valence-electron chi connectivity index (χ4n) is 1.81. The zero-order chi connectivity index (χ0) is 12.6. The first-order valence-electron chi connectivity index (χ1n) is 5.70. The second-order valence-electron chi connectivity index (χ2n) is 5.29. The van der Waals surface area contributed by atoms with E-state index in [1.54, 1.807) is 0 Å². The second kappa shape index (κ2) is 4.30. The molecule has 0 aliphatic rings. The quantitative estimate of drug-likeness (QED) is 0.763. The summed E-state index contributed by atoms with van der Waals surface area (Å²) in [5.41, 5.74) is 3.57. The van der Waals surface area contributed by atoms with Gasteiger partial charge in [-0.1, -0.05) is 29.8 Å². The highest BCUT2D eigenvalue weighted by Gasteiger charge is 2.20. The highest BCUT2D eigenvalue weighted by atomic mass is 79.9. The van der Waals surface area contributed by atoms with Gasteiger partial charge in [0.05, 0.1) is 21.9 Å². The Kier molecular flexibility index (Phi) is 3.13. The fourth-order valence-corrected chi connectivity index (χ4v) is 2.30. The van der Waals surface area contributed by atoms with E-state index in [0.29, 0.717) is 0 Å². The Morgan fingerprint density at radius 2 is 1.71 bits per heavy atom. The lowest BCUT2D eigenvalue weighted by Gasteiger charge is -2.22. The van der Waals surface area contributed by atoms with Gasteiger partial charge in [-0.05, 0) is 43.6 Å². The van der Waals surface area contributed by atoms with Gasteiger partial charge in [-0.3, -0.25) is 4.68 Å². The lowest BCUT2D eigenvalue weighted by molar-refractivity contribution is 0.360. The fraction of sp³-hybridized carbons (Fsp3) is 0.357. The molecule has 1 aromatic heterocycles. The monoisotopic (exact) mass is 292 g/mol. The molecule has 1 aromatic carbocycles. The summed E-state index contributed by atoms with van der Waals surface area (Å²) >= 11 is 3.58. The summed E-state index contributed by atoms with van der Waals surface area (Å²) in [5, 5.41) is 4.46. The van der Waals surface area contributed by atoms with Gasteiger partial charge in [0.15, 0.2) is 0 Å². The molecular weight excluding hydrogens is 276 g/mol. The van der Waals surface area contributed by atoms with Gasteiger partial charge in [0, 0.05) is 5.56 Å². The number of rotatable bonds is 1. The standard InChI is InChI=1S/C14H17BrN2/c1-10-5-7-11(8-6-10)13-12(15)9-16-17(13)14(2,3)4/h5-9H,1-4H3. The Balaban J connectivity index is 2.59. The van der Waals surface area contributed by atoms with E-state index in [1.165, 1.54) is 11.1 Å². The molecule has 90 valence electrons. The van der Waals surface area contributed by atoms with Crippen LogP contribution < -0.4 is 0 Å². The van der Waals surface area contributed by atoms with E-state index in [2.05, 4.69) is 77.7 Å². The van der Waals surface area contributed by atoms with Crippen molar-refractivity contribution in [2.24, 2.45) is 0 Å². The van der Waals surface area contributed by atoms with Crippen molar-refractivity contribution in [1.29, 1.82) is 0 Å². The molecule has 2 nitrogen and oxygen atoms in total. The molecule has 1 heterocycles. The molecule has 0 radical (unpaired) electrons. The van der Waals surface area contributed by atoms with Crippen LogP contribution in [0.2, 0.25) is 0 Å². The molecule has 2 aromatic rings. The van der Waals surface area contributed by atoms with E-state index in [9.17, 15) is 0 Å². The molecule has 0 saturated carbocycles. The molecule has 0 unspecified atom stereocenters. The second-order valence-corrected chi connectivity index (χ2v) is 6.14. The number of aromatic nitrogens is 2. The molecule has 17 heavy (non-hydrogen) atoms. The largest absolute Gasteiger partial charge is 0.258 e. The van der Waals surface area contributed by atoms with Crippen molar-refractivity contribution in [3.63, 3.8) is 0 Å². The summed E-state index contributed by atoms with van der Waals surface area (Å²) in [6.45, 7) is 8.57. The van der Waals surface area contributed by atoms with Crippen LogP contribution in [0.25, 0.3) is 11.3 Å². The summed E-state index contributed by atoms with van der Waals surface area (Å²) in [6.07, 6.45) is 1.86. The summed E-state index contributed by atoms with van der Waals surface area (Å²) in [6, 6.07) is 8.53. The number of hydrogen-bond donors (Lipinski definition) is 0. The molecule has 0 bridgehead atoms. The Hall–Kier alpha value is -1.09. The Morgan fingerprint density at radius 1 is 1.12 bits per heavy atom. The van der Waals surface area contributed by atoms with Gasteiger partial charge in [0.2, 0.25) is 0 Å². The maximum atomic E-state index is 4.46. The molecule has 0 aliphatic heterocycles. The third-order valence-electron chi connectivity index (χ3n) is 2.68. The van der Waals surface area contributed by atoms with Gasteiger partial charge in [0.1, 0.15) is 0 Å². The Morgan fingerprint density at radius 3 is 2.24 bits per heavy atom. The van der Waals surface area contributed by atoms with Crippen molar-refractivity contribution in [3.05, 3.63) is 40.5 Å². The van der Waals surface area contributed by atoms with Gasteiger partial charge in [0.25, 0.3) is 0 Å². The van der Waals surface area contributed by atoms with Gasteiger partial charge < -0.3 is 0 Å². The van der Waals surface area contributed by atoms with Crippen molar-refractivity contribution in [2.75, 3.05) is 0 Å². The maximum Gasteiger partial charge on any atom is 0.0830 e. The van der Waals surface area contributed by atoms with Crippen LogP contribution in [0.3, 0.4) is 0 Å². The molecule has 0 saturated heterocycles. The predicted octanol–water partition coefficient (Wildman–Crippen LogP) is 4.38. The van der Waals surface area contributed by atoms with Crippen LogP contribution in [0.4, 0.5) is 0 Å². The molecular formula is C14H17BrN2. The van der Waals surface area contributed by atoms with Crippen molar-refractivity contribution in [2.45, 2.75) is 33.2 Å². The molecule has 0 spiro atoms. The third kappa shape index (κ3) is 2.44. The van der Waals surface area contributed by atoms with Crippen molar-refractivity contribution in [1.82, 2.24) is 9.78 Å². The number of aryl methyl sites for hydroxylation is 1. The topological polar surface area (TPSA) is 17.8 Å². The summed E-state index contributed by atoms with van der Waals surface area (Å²) in [7, 11) is 0. The number of halogens is 1. The van der Waals surface area contributed by atoms with Gasteiger partial charge in [-0.25, -0.2) is 0 Å². The van der Waals surface area contributed by atoms with Crippen LogP contribution in [-0.4, -0.2) is 9.78 Å². The predicted molar refractivity (Wildman–Crippen MR) is 75.1 cm³/mol. The average Bonchev–Trinajstić information content (AvgIpc) is 2.61. The number of benzene rings is 1. The normalized spacial score (nSPS) is 11.8. The van der Waals surface area contributed by atoms with Crippen molar-refractivity contribution >= 4 is 15.9 Å². The Bertz CT molecular complexity index is 518. The highest BCUT2D eigenvalue weighted by Crippen LogP contribution is 2.32. The zero-order valence-corrected chi connectivity index (χ0v) is 12.2. The number of hydrogen-bond acceptors (Lipinski definition) is 1. The maximum absolute atomic E-state index is 4.46. The first-order valence-corrected chi connectivity index (χ1v) is 6.50. The smallest absolute Gasteiger partial charge is 0.0830 e. The van der Waals surface area contributed by atoms with E-state index >= 15 is 0 Å². The summed E-state index contributed by atoms with van der Waals surface area (Å²) in [4.78, 5) is 0. The van der Waals surface area contributed by atoms with E-state index in [-0.39, 0.29) is 5.54 Å². The molecule has 3 heteroatoms. The molecule has 2 rings (SSSR count). The molecule has 0 atom stereocenters. The van der Waals surface area contributed by atoms with Crippen LogP contribution in [0.1, 0.15) is 26.3 Å². The number of nitrogens with zero attached hydrogens (tertiary/aromatic N) is 2. The van der Waals surface area contributed by atoms with E-state index in [1.807, 2.05) is 6.20 Å². The van der Waals surface area contributed by atoms with Gasteiger partial charge in [-0.2, -0.15) is 5.10 Å². The van der Waals surface area contributed by atoms with E-state index in [0.717, 1.165) is 10.2 Å². The first kappa shape index (κ1) is 12.4. The summed E-state index contributed by atoms with van der Waals surface area (Å²) in [5.74, 6) is 0. The molecule has 0 fully saturated rings. The van der Waals surface area contributed by atoms with Gasteiger partial charge in [-0.15, -0.1) is 0 Å². The lowest BCUT2D eigenvalue weighted by atomic mass is 10.1. The highest BCUT2D eigenvalue weighted by molar-refractivity contribution is 9.10. The molecule has 0 N–H and O–H groups in total. The van der Waals surface area contributed by atoms with E-state index in [4.69, 9.17) is 0 Å². The minimum atomic E-state index is -0.0216. The molecule has 0 aliphatic carbocycles. The SMILES string of the molecule is Cc1ccc(-c2c(Br)cnn2C(C)(C)C)cc1.